The SMILES string of the molecule is CC(C)(C)C(NN)c1cc(F)c(F)c(F)c1. The zero-order valence-corrected chi connectivity index (χ0v) is 9.44. The average Bonchev–Trinajstić information content (AvgIpc) is 2.12. The van der Waals surface area contributed by atoms with Crippen molar-refractivity contribution in [3.63, 3.8) is 0 Å². The second-order valence-electron chi connectivity index (χ2n) is 4.76. The van der Waals surface area contributed by atoms with Crippen molar-refractivity contribution in [2.45, 2.75) is 26.8 Å². The van der Waals surface area contributed by atoms with E-state index in [-0.39, 0.29) is 11.0 Å². The van der Waals surface area contributed by atoms with E-state index in [1.165, 1.54) is 0 Å². The Hall–Kier alpha value is -1.07. The Bertz CT molecular complexity index is 362. The summed E-state index contributed by atoms with van der Waals surface area (Å²) in [5, 5.41) is 0. The second-order valence-corrected chi connectivity index (χ2v) is 4.76. The standard InChI is InChI=1S/C11H15F3N2/c1-11(2,3)10(16-15)6-4-7(12)9(14)8(13)5-6/h4-5,10,16H,15H2,1-3H3. The first-order valence-corrected chi connectivity index (χ1v) is 4.88. The van der Waals surface area contributed by atoms with Gasteiger partial charge in [-0.05, 0) is 23.1 Å². The lowest BCUT2D eigenvalue weighted by Crippen LogP contribution is -2.37. The number of rotatable bonds is 2. The van der Waals surface area contributed by atoms with Crippen molar-refractivity contribution in [2.75, 3.05) is 0 Å². The fourth-order valence-corrected chi connectivity index (χ4v) is 1.59. The van der Waals surface area contributed by atoms with Crippen LogP contribution in [-0.4, -0.2) is 0 Å². The number of hydrogen-bond acceptors (Lipinski definition) is 2. The molecule has 0 aromatic heterocycles. The lowest BCUT2D eigenvalue weighted by molar-refractivity contribution is 0.273. The summed E-state index contributed by atoms with van der Waals surface area (Å²) < 4.78 is 38.9. The summed E-state index contributed by atoms with van der Waals surface area (Å²) in [7, 11) is 0. The Labute approximate surface area is 92.6 Å². The van der Waals surface area contributed by atoms with Gasteiger partial charge in [-0.25, -0.2) is 13.2 Å². The zero-order valence-electron chi connectivity index (χ0n) is 9.44. The second kappa shape index (κ2) is 4.43. The fraction of sp³-hybridized carbons (Fsp3) is 0.455. The Balaban J connectivity index is 3.22. The molecule has 0 radical (unpaired) electrons. The summed E-state index contributed by atoms with van der Waals surface area (Å²) in [6, 6.07) is 1.44. The Morgan fingerprint density at radius 3 is 1.88 bits per heavy atom. The van der Waals surface area contributed by atoms with Crippen LogP contribution in [-0.2, 0) is 0 Å². The molecule has 1 aromatic carbocycles. The molecule has 0 bridgehead atoms. The molecule has 1 aromatic rings. The van der Waals surface area contributed by atoms with Crippen LogP contribution in [0.2, 0.25) is 0 Å². The Morgan fingerprint density at radius 1 is 1.12 bits per heavy atom. The third-order valence-electron chi connectivity index (χ3n) is 2.37. The third kappa shape index (κ3) is 2.54. The van der Waals surface area contributed by atoms with E-state index in [9.17, 15) is 13.2 Å². The molecule has 0 heterocycles. The van der Waals surface area contributed by atoms with Gasteiger partial charge in [-0.15, -0.1) is 0 Å². The lowest BCUT2D eigenvalue weighted by atomic mass is 9.83. The van der Waals surface area contributed by atoms with Crippen LogP contribution in [0, 0.1) is 22.9 Å². The molecule has 3 N–H and O–H groups in total. The van der Waals surface area contributed by atoms with Gasteiger partial charge in [-0.2, -0.15) is 0 Å². The van der Waals surface area contributed by atoms with Crippen molar-refractivity contribution in [1.82, 2.24) is 5.43 Å². The highest BCUT2D eigenvalue weighted by Crippen LogP contribution is 2.33. The van der Waals surface area contributed by atoms with E-state index in [4.69, 9.17) is 5.84 Å². The summed E-state index contributed by atoms with van der Waals surface area (Å²) in [5.74, 6) is 1.46. The maximum atomic E-state index is 13.0. The van der Waals surface area contributed by atoms with Crippen molar-refractivity contribution < 1.29 is 13.2 Å². The van der Waals surface area contributed by atoms with Gasteiger partial charge in [0.2, 0.25) is 0 Å². The molecule has 0 saturated carbocycles. The van der Waals surface area contributed by atoms with Crippen LogP contribution in [0.1, 0.15) is 32.4 Å². The molecule has 0 aliphatic rings. The summed E-state index contributed by atoms with van der Waals surface area (Å²) in [5.41, 5.74) is 2.42. The molecule has 0 amide bonds. The molecule has 0 aliphatic heterocycles. The maximum Gasteiger partial charge on any atom is 0.194 e. The van der Waals surface area contributed by atoms with E-state index >= 15 is 0 Å². The highest BCUT2D eigenvalue weighted by atomic mass is 19.2. The molecule has 1 unspecified atom stereocenters. The quantitative estimate of drug-likeness (QED) is 0.467. The van der Waals surface area contributed by atoms with Crippen LogP contribution in [0.4, 0.5) is 13.2 Å². The van der Waals surface area contributed by atoms with E-state index in [2.05, 4.69) is 5.43 Å². The third-order valence-corrected chi connectivity index (χ3v) is 2.37. The summed E-state index contributed by atoms with van der Waals surface area (Å²) in [6.07, 6.45) is 0. The van der Waals surface area contributed by atoms with Gasteiger partial charge in [0.15, 0.2) is 17.5 Å². The topological polar surface area (TPSA) is 38.0 Å². The minimum Gasteiger partial charge on any atom is -0.271 e. The largest absolute Gasteiger partial charge is 0.271 e. The average molecular weight is 232 g/mol. The van der Waals surface area contributed by atoms with E-state index in [1.807, 2.05) is 20.8 Å². The first kappa shape index (κ1) is 13.0. The van der Waals surface area contributed by atoms with Gasteiger partial charge in [0.05, 0.1) is 6.04 Å². The van der Waals surface area contributed by atoms with E-state index < -0.39 is 23.5 Å². The molecule has 0 fully saturated rings. The predicted octanol–water partition coefficient (Wildman–Crippen LogP) is 2.65. The van der Waals surface area contributed by atoms with Crippen LogP contribution in [0.15, 0.2) is 12.1 Å². The monoisotopic (exact) mass is 232 g/mol. The van der Waals surface area contributed by atoms with Crippen LogP contribution in [0.25, 0.3) is 0 Å². The Kier molecular flexibility index (Phi) is 3.60. The number of nitrogens with one attached hydrogen (secondary N) is 1. The van der Waals surface area contributed by atoms with Crippen molar-refractivity contribution in [2.24, 2.45) is 11.3 Å². The van der Waals surface area contributed by atoms with E-state index in [1.54, 1.807) is 0 Å². The molecule has 0 spiro atoms. The Morgan fingerprint density at radius 2 is 1.56 bits per heavy atom. The number of halogens is 3. The number of hydrazine groups is 1. The number of nitrogens with two attached hydrogens (primary N) is 1. The molecule has 5 heteroatoms. The van der Waals surface area contributed by atoms with Crippen molar-refractivity contribution >= 4 is 0 Å². The predicted molar refractivity (Wildman–Crippen MR) is 55.8 cm³/mol. The summed E-state index contributed by atoms with van der Waals surface area (Å²) in [6.45, 7) is 5.57. The summed E-state index contributed by atoms with van der Waals surface area (Å²) in [4.78, 5) is 0. The maximum absolute atomic E-state index is 13.0. The van der Waals surface area contributed by atoms with Gasteiger partial charge in [-0.3, -0.25) is 11.3 Å². The molecular weight excluding hydrogens is 217 g/mol. The lowest BCUT2D eigenvalue weighted by Gasteiger charge is -2.30. The van der Waals surface area contributed by atoms with Crippen molar-refractivity contribution in [3.05, 3.63) is 35.1 Å². The molecule has 0 aliphatic carbocycles. The number of hydrogen-bond donors (Lipinski definition) is 2. The molecule has 1 atom stereocenters. The van der Waals surface area contributed by atoms with Gasteiger partial charge in [0, 0.05) is 0 Å². The smallest absolute Gasteiger partial charge is 0.194 e. The number of benzene rings is 1. The minimum absolute atomic E-state index is 0.284. The van der Waals surface area contributed by atoms with E-state index in [0.29, 0.717) is 0 Å². The molecule has 16 heavy (non-hydrogen) atoms. The van der Waals surface area contributed by atoms with Crippen LogP contribution < -0.4 is 11.3 Å². The fourth-order valence-electron chi connectivity index (χ4n) is 1.59. The zero-order chi connectivity index (χ0) is 12.5. The first-order valence-electron chi connectivity index (χ1n) is 4.88. The van der Waals surface area contributed by atoms with Crippen LogP contribution in [0.5, 0.6) is 0 Å². The van der Waals surface area contributed by atoms with E-state index in [0.717, 1.165) is 12.1 Å². The van der Waals surface area contributed by atoms with Crippen molar-refractivity contribution in [3.8, 4) is 0 Å². The van der Waals surface area contributed by atoms with Gasteiger partial charge in [0.25, 0.3) is 0 Å². The normalized spacial score (nSPS) is 13.9. The molecule has 0 saturated heterocycles. The molecule has 90 valence electrons. The minimum atomic E-state index is -1.46. The van der Waals surface area contributed by atoms with Crippen LogP contribution in [0.3, 0.4) is 0 Å². The van der Waals surface area contributed by atoms with Gasteiger partial charge in [-0.1, -0.05) is 20.8 Å². The summed E-state index contributed by atoms with van der Waals surface area (Å²) >= 11 is 0. The molecular formula is C11H15F3N2. The van der Waals surface area contributed by atoms with Crippen molar-refractivity contribution in [1.29, 1.82) is 0 Å². The highest BCUT2D eigenvalue weighted by molar-refractivity contribution is 5.24. The van der Waals surface area contributed by atoms with Gasteiger partial charge >= 0.3 is 0 Å². The molecule has 1 rings (SSSR count). The van der Waals surface area contributed by atoms with Crippen LogP contribution >= 0.6 is 0 Å². The highest BCUT2D eigenvalue weighted by Gasteiger charge is 2.27. The van der Waals surface area contributed by atoms with Gasteiger partial charge in [0.1, 0.15) is 0 Å². The van der Waals surface area contributed by atoms with Gasteiger partial charge < -0.3 is 0 Å². The first-order chi connectivity index (χ1) is 7.27. The molecule has 2 nitrogen and oxygen atoms in total.